The van der Waals surface area contributed by atoms with Crippen molar-refractivity contribution in [3.05, 3.63) is 22.4 Å². The van der Waals surface area contributed by atoms with E-state index < -0.39 is 0 Å². The molecule has 0 radical (unpaired) electrons. The molecule has 0 aliphatic carbocycles. The van der Waals surface area contributed by atoms with Crippen LogP contribution in [0.25, 0.3) is 0 Å². The van der Waals surface area contributed by atoms with Gasteiger partial charge < -0.3 is 10.2 Å². The van der Waals surface area contributed by atoms with Gasteiger partial charge in [0, 0.05) is 45.2 Å². The lowest BCUT2D eigenvalue weighted by molar-refractivity contribution is 0.114. The Labute approximate surface area is 137 Å². The van der Waals surface area contributed by atoms with Crippen molar-refractivity contribution in [1.29, 1.82) is 0 Å². The van der Waals surface area contributed by atoms with Gasteiger partial charge in [0.25, 0.3) is 0 Å². The monoisotopic (exact) mass is 319 g/mol. The van der Waals surface area contributed by atoms with Crippen LogP contribution in [0.15, 0.2) is 16.8 Å². The van der Waals surface area contributed by atoms with Gasteiger partial charge in [0.1, 0.15) is 0 Å². The van der Waals surface area contributed by atoms with Gasteiger partial charge in [-0.3, -0.25) is 4.90 Å². The van der Waals surface area contributed by atoms with Crippen molar-refractivity contribution in [2.24, 2.45) is 0 Å². The number of piperazine rings is 1. The molecular weight excluding hydrogens is 294 g/mol. The largest absolute Gasteiger partial charge is 0.338 e. The standard InChI is InChI=1S/C17H25N3OS/c1-3-4-5-6-8-18-17(21)20-11-9-19(10-12-20)15(2)16-7-13-22-14-16/h1,7,13-15H,4-6,8-12H2,2H3,(H,18,21)/t15-/m1/s1. The second-order valence-corrected chi connectivity index (χ2v) is 6.43. The highest BCUT2D eigenvalue weighted by molar-refractivity contribution is 7.07. The van der Waals surface area contributed by atoms with Gasteiger partial charge >= 0.3 is 6.03 Å². The molecule has 120 valence electrons. The molecule has 1 aliphatic rings. The van der Waals surface area contributed by atoms with Crippen molar-refractivity contribution in [1.82, 2.24) is 15.1 Å². The summed E-state index contributed by atoms with van der Waals surface area (Å²) in [6, 6.07) is 2.67. The van der Waals surface area contributed by atoms with Crippen LogP contribution in [0.5, 0.6) is 0 Å². The Hall–Kier alpha value is -1.51. The van der Waals surface area contributed by atoms with E-state index in [-0.39, 0.29) is 6.03 Å². The van der Waals surface area contributed by atoms with Gasteiger partial charge in [-0.15, -0.1) is 12.3 Å². The Morgan fingerprint density at radius 1 is 1.41 bits per heavy atom. The van der Waals surface area contributed by atoms with Crippen LogP contribution in [0.1, 0.15) is 37.8 Å². The van der Waals surface area contributed by atoms with E-state index >= 15 is 0 Å². The van der Waals surface area contributed by atoms with Gasteiger partial charge in [-0.1, -0.05) is 0 Å². The molecule has 1 aromatic rings. The lowest BCUT2D eigenvalue weighted by Crippen LogP contribution is -2.52. The van der Waals surface area contributed by atoms with Crippen LogP contribution in [0.2, 0.25) is 0 Å². The predicted octanol–water partition coefficient (Wildman–Crippen LogP) is 2.94. The fraction of sp³-hybridized carbons (Fsp3) is 0.588. The highest BCUT2D eigenvalue weighted by atomic mass is 32.1. The average molecular weight is 319 g/mol. The molecule has 4 nitrogen and oxygen atoms in total. The van der Waals surface area contributed by atoms with Crippen molar-refractivity contribution in [3.8, 4) is 12.3 Å². The third-order valence-corrected chi connectivity index (χ3v) is 4.90. The highest BCUT2D eigenvalue weighted by Crippen LogP contribution is 2.23. The number of rotatable bonds is 6. The minimum absolute atomic E-state index is 0.0588. The van der Waals surface area contributed by atoms with Crippen LogP contribution < -0.4 is 5.32 Å². The number of unbranched alkanes of at least 4 members (excludes halogenated alkanes) is 2. The number of urea groups is 1. The van der Waals surface area contributed by atoms with Gasteiger partial charge in [-0.25, -0.2) is 4.79 Å². The normalized spacial score (nSPS) is 17.0. The topological polar surface area (TPSA) is 35.6 Å². The van der Waals surface area contributed by atoms with Crippen LogP contribution in [0, 0.1) is 12.3 Å². The number of carbonyl (C=O) groups is 1. The van der Waals surface area contributed by atoms with E-state index in [4.69, 9.17) is 6.42 Å². The molecule has 0 bridgehead atoms. The molecule has 5 heteroatoms. The lowest BCUT2D eigenvalue weighted by atomic mass is 10.1. The summed E-state index contributed by atoms with van der Waals surface area (Å²) < 4.78 is 0. The molecule has 2 rings (SSSR count). The fourth-order valence-corrected chi connectivity index (χ4v) is 3.44. The second kappa shape index (κ2) is 8.82. The molecule has 0 spiro atoms. The van der Waals surface area contributed by atoms with Crippen LogP contribution in [0.4, 0.5) is 4.79 Å². The Balaban J connectivity index is 1.68. The maximum absolute atomic E-state index is 12.1. The lowest BCUT2D eigenvalue weighted by Gasteiger charge is -2.37. The summed E-state index contributed by atoms with van der Waals surface area (Å²) in [5.41, 5.74) is 1.37. The molecule has 2 amide bonds. The summed E-state index contributed by atoms with van der Waals surface area (Å²) in [4.78, 5) is 16.5. The van der Waals surface area contributed by atoms with Crippen LogP contribution in [0.3, 0.4) is 0 Å². The highest BCUT2D eigenvalue weighted by Gasteiger charge is 2.24. The summed E-state index contributed by atoms with van der Waals surface area (Å²) in [5.74, 6) is 2.62. The number of nitrogens with zero attached hydrogens (tertiary/aromatic N) is 2. The number of nitrogens with one attached hydrogen (secondary N) is 1. The summed E-state index contributed by atoms with van der Waals surface area (Å²) in [6.07, 6.45) is 7.92. The number of thiophene rings is 1. The third kappa shape index (κ3) is 4.75. The molecule has 1 atom stereocenters. The summed E-state index contributed by atoms with van der Waals surface area (Å²) >= 11 is 1.74. The zero-order valence-electron chi connectivity index (χ0n) is 13.3. The maximum Gasteiger partial charge on any atom is 0.317 e. The number of amides is 2. The van der Waals surface area contributed by atoms with Crippen molar-refractivity contribution >= 4 is 17.4 Å². The van der Waals surface area contributed by atoms with E-state index in [0.29, 0.717) is 12.6 Å². The first-order valence-electron chi connectivity index (χ1n) is 7.94. The molecular formula is C17H25N3OS. The minimum atomic E-state index is 0.0588. The van der Waals surface area contributed by atoms with E-state index in [1.165, 1.54) is 5.56 Å². The van der Waals surface area contributed by atoms with Crippen LogP contribution in [-0.2, 0) is 0 Å². The first-order valence-corrected chi connectivity index (χ1v) is 8.89. The third-order valence-electron chi connectivity index (χ3n) is 4.20. The quantitative estimate of drug-likeness (QED) is 0.646. The Morgan fingerprint density at radius 3 is 2.82 bits per heavy atom. The number of hydrogen-bond donors (Lipinski definition) is 1. The van der Waals surface area contributed by atoms with Crippen molar-refractivity contribution in [2.75, 3.05) is 32.7 Å². The first kappa shape index (κ1) is 16.9. The van der Waals surface area contributed by atoms with Gasteiger partial charge in [-0.05, 0) is 42.2 Å². The summed E-state index contributed by atoms with van der Waals surface area (Å²) in [7, 11) is 0. The minimum Gasteiger partial charge on any atom is -0.338 e. The zero-order valence-corrected chi connectivity index (χ0v) is 14.1. The van der Waals surface area contributed by atoms with Crippen LogP contribution in [-0.4, -0.2) is 48.6 Å². The molecule has 1 fully saturated rings. The van der Waals surface area contributed by atoms with Gasteiger partial charge in [0.15, 0.2) is 0 Å². The van der Waals surface area contributed by atoms with E-state index in [9.17, 15) is 4.79 Å². The molecule has 0 unspecified atom stereocenters. The maximum atomic E-state index is 12.1. The summed E-state index contributed by atoms with van der Waals surface area (Å²) in [6.45, 7) is 6.41. The molecule has 22 heavy (non-hydrogen) atoms. The van der Waals surface area contributed by atoms with E-state index in [0.717, 1.165) is 45.4 Å². The molecule has 0 saturated carbocycles. The second-order valence-electron chi connectivity index (χ2n) is 5.65. The molecule has 1 aromatic heterocycles. The zero-order chi connectivity index (χ0) is 15.8. The molecule has 2 heterocycles. The van der Waals surface area contributed by atoms with E-state index in [1.807, 2.05) is 4.90 Å². The molecule has 0 aromatic carbocycles. The van der Waals surface area contributed by atoms with Crippen molar-refractivity contribution in [3.63, 3.8) is 0 Å². The number of carbonyl (C=O) groups excluding carboxylic acids is 1. The molecule has 1 aliphatic heterocycles. The van der Waals surface area contributed by atoms with Crippen molar-refractivity contribution in [2.45, 2.75) is 32.2 Å². The molecule has 1 N–H and O–H groups in total. The number of hydrogen-bond acceptors (Lipinski definition) is 3. The van der Waals surface area contributed by atoms with E-state index in [1.54, 1.807) is 11.3 Å². The van der Waals surface area contributed by atoms with Gasteiger partial charge in [0.2, 0.25) is 0 Å². The Kier molecular flexibility index (Phi) is 6.75. The predicted molar refractivity (Wildman–Crippen MR) is 92.0 cm³/mol. The average Bonchev–Trinajstić information content (AvgIpc) is 3.08. The number of terminal acetylenes is 1. The Morgan fingerprint density at radius 2 is 2.18 bits per heavy atom. The SMILES string of the molecule is C#CCCCCNC(=O)N1CCN([C@H](C)c2ccsc2)CC1. The smallest absolute Gasteiger partial charge is 0.317 e. The molecule has 1 saturated heterocycles. The summed E-state index contributed by atoms with van der Waals surface area (Å²) in [5, 5.41) is 7.31. The van der Waals surface area contributed by atoms with Gasteiger partial charge in [0.05, 0.1) is 0 Å². The fourth-order valence-electron chi connectivity index (χ4n) is 2.70. The van der Waals surface area contributed by atoms with Gasteiger partial charge in [-0.2, -0.15) is 11.3 Å². The van der Waals surface area contributed by atoms with E-state index in [2.05, 4.69) is 39.9 Å². The van der Waals surface area contributed by atoms with Crippen molar-refractivity contribution < 1.29 is 4.79 Å². The van der Waals surface area contributed by atoms with Crippen LogP contribution >= 0.6 is 11.3 Å². The first-order chi connectivity index (χ1) is 10.7. The Bertz CT molecular complexity index is 487.